The van der Waals surface area contributed by atoms with Crippen molar-refractivity contribution in [3.8, 4) is 5.75 Å². The number of carboxylic acid groups (broad SMARTS) is 1. The number of ether oxygens (including phenoxy) is 1. The molecule has 0 saturated carbocycles. The van der Waals surface area contributed by atoms with Crippen LogP contribution >= 0.6 is 24.0 Å². The summed E-state index contributed by atoms with van der Waals surface area (Å²) in [5.74, 6) is -1.57. The van der Waals surface area contributed by atoms with Gasteiger partial charge in [0.1, 0.15) is 5.75 Å². The van der Waals surface area contributed by atoms with Crippen LogP contribution in [0, 0.1) is 0 Å². The van der Waals surface area contributed by atoms with Crippen molar-refractivity contribution in [2.45, 2.75) is 4.90 Å². The molecule has 3 rings (SSSR count). The smallest absolute Gasteiger partial charge is 0.349 e. The third-order valence-electron chi connectivity index (χ3n) is 3.07. The Hall–Kier alpha value is -2.51. The van der Waals surface area contributed by atoms with Crippen LogP contribution in [-0.2, 0) is 4.74 Å². The van der Waals surface area contributed by atoms with Gasteiger partial charge < -0.3 is 14.9 Å². The van der Waals surface area contributed by atoms with Crippen LogP contribution in [0.5, 0.6) is 5.75 Å². The maximum absolute atomic E-state index is 11.0. The highest BCUT2D eigenvalue weighted by atomic mass is 32.1. The molecule has 0 spiro atoms. The lowest BCUT2D eigenvalue weighted by molar-refractivity contribution is 0.0596. The van der Waals surface area contributed by atoms with Crippen LogP contribution in [0.3, 0.4) is 0 Å². The van der Waals surface area contributed by atoms with Gasteiger partial charge >= 0.3 is 11.9 Å². The minimum Gasteiger partial charge on any atom is -0.505 e. The first-order valence-electron chi connectivity index (χ1n) is 6.75. The van der Waals surface area contributed by atoms with Crippen molar-refractivity contribution >= 4 is 46.0 Å². The summed E-state index contributed by atoms with van der Waals surface area (Å²) in [5.41, 5.74) is 0.498. The van der Waals surface area contributed by atoms with Gasteiger partial charge in [-0.2, -0.15) is 0 Å². The topological polar surface area (TPSA) is 83.8 Å². The summed E-state index contributed by atoms with van der Waals surface area (Å²) in [6.07, 6.45) is 0. The lowest BCUT2D eigenvalue weighted by Crippen LogP contribution is -2.01. The molecule has 0 fully saturated rings. The molecular formula is C17H14O5S2. The number of thiophene rings is 1. The van der Waals surface area contributed by atoms with Crippen LogP contribution in [0.25, 0.3) is 10.1 Å². The molecule has 0 amide bonds. The largest absolute Gasteiger partial charge is 0.505 e. The molecule has 124 valence electrons. The molecule has 1 heterocycles. The lowest BCUT2D eigenvalue weighted by Gasteiger charge is -2.00. The second-order valence-corrected chi connectivity index (χ2v) is 6.12. The Labute approximate surface area is 147 Å². The number of benzene rings is 2. The number of fused-ring (bicyclic) bond motifs is 1. The number of carbonyl (C=O) groups is 2. The molecule has 1 aromatic heterocycles. The SMILES string of the molecule is COC(=O)c1ccccc1S.O=C(O)c1sc2ccccc2c1O. The molecule has 2 aromatic carbocycles. The van der Waals surface area contributed by atoms with Crippen molar-refractivity contribution in [2.24, 2.45) is 0 Å². The molecule has 0 aliphatic carbocycles. The quantitative estimate of drug-likeness (QED) is 0.473. The number of carboxylic acids is 1. The fraction of sp³-hybridized carbons (Fsp3) is 0.0588. The Morgan fingerprint density at radius 2 is 1.71 bits per heavy atom. The van der Waals surface area contributed by atoms with E-state index in [9.17, 15) is 14.7 Å². The number of esters is 1. The monoisotopic (exact) mass is 362 g/mol. The van der Waals surface area contributed by atoms with Gasteiger partial charge in [-0.1, -0.05) is 24.3 Å². The van der Waals surface area contributed by atoms with E-state index >= 15 is 0 Å². The number of rotatable bonds is 2. The first kappa shape index (κ1) is 17.8. The highest BCUT2D eigenvalue weighted by Crippen LogP contribution is 2.36. The second-order valence-electron chi connectivity index (χ2n) is 4.59. The molecule has 0 atom stereocenters. The molecule has 0 aliphatic heterocycles. The first-order valence-corrected chi connectivity index (χ1v) is 8.02. The van der Waals surface area contributed by atoms with Gasteiger partial charge in [-0.25, -0.2) is 9.59 Å². The second kappa shape index (κ2) is 7.85. The number of hydrogen-bond acceptors (Lipinski definition) is 6. The number of carbonyl (C=O) groups excluding carboxylic acids is 1. The third kappa shape index (κ3) is 3.87. The summed E-state index contributed by atoms with van der Waals surface area (Å²) in [7, 11) is 1.35. The molecule has 24 heavy (non-hydrogen) atoms. The average molecular weight is 362 g/mol. The number of methoxy groups -OCH3 is 1. The predicted molar refractivity (Wildman–Crippen MR) is 95.5 cm³/mol. The highest BCUT2D eigenvalue weighted by Gasteiger charge is 2.15. The molecule has 0 radical (unpaired) electrons. The van der Waals surface area contributed by atoms with E-state index in [1.54, 1.807) is 36.4 Å². The van der Waals surface area contributed by atoms with Crippen LogP contribution in [-0.4, -0.2) is 29.3 Å². The summed E-state index contributed by atoms with van der Waals surface area (Å²) in [6, 6.07) is 14.1. The third-order valence-corrected chi connectivity index (χ3v) is 4.61. The zero-order chi connectivity index (χ0) is 17.7. The highest BCUT2D eigenvalue weighted by molar-refractivity contribution is 7.80. The van der Waals surface area contributed by atoms with Crippen molar-refractivity contribution in [1.29, 1.82) is 0 Å². The minimum absolute atomic E-state index is 0.00111. The van der Waals surface area contributed by atoms with Crippen LogP contribution < -0.4 is 0 Å². The summed E-state index contributed by atoms with van der Waals surface area (Å²) in [5, 5.41) is 18.8. The summed E-state index contributed by atoms with van der Waals surface area (Å²) < 4.78 is 5.32. The van der Waals surface area contributed by atoms with Gasteiger partial charge in [-0.15, -0.1) is 24.0 Å². The van der Waals surface area contributed by atoms with E-state index in [1.165, 1.54) is 7.11 Å². The normalized spacial score (nSPS) is 9.92. The zero-order valence-corrected chi connectivity index (χ0v) is 14.3. The molecule has 0 unspecified atom stereocenters. The Morgan fingerprint density at radius 3 is 2.29 bits per heavy atom. The van der Waals surface area contributed by atoms with Gasteiger partial charge in [0.25, 0.3) is 0 Å². The maximum Gasteiger partial charge on any atom is 0.349 e. The molecule has 3 aromatic rings. The molecule has 0 saturated heterocycles. The van der Waals surface area contributed by atoms with Gasteiger partial charge in [-0.3, -0.25) is 0 Å². The van der Waals surface area contributed by atoms with Gasteiger partial charge in [-0.05, 0) is 24.3 Å². The van der Waals surface area contributed by atoms with Gasteiger partial charge in [0.15, 0.2) is 4.88 Å². The Morgan fingerprint density at radius 1 is 1.08 bits per heavy atom. The van der Waals surface area contributed by atoms with Crippen molar-refractivity contribution in [2.75, 3.05) is 7.11 Å². The summed E-state index contributed by atoms with van der Waals surface area (Å²) >= 11 is 5.17. The van der Waals surface area contributed by atoms with E-state index in [2.05, 4.69) is 17.4 Å². The van der Waals surface area contributed by atoms with E-state index in [4.69, 9.17) is 5.11 Å². The van der Waals surface area contributed by atoms with Crippen LogP contribution in [0.15, 0.2) is 53.4 Å². The van der Waals surface area contributed by atoms with Gasteiger partial charge in [0.05, 0.1) is 12.7 Å². The molecule has 0 aliphatic rings. The fourth-order valence-electron chi connectivity index (χ4n) is 1.93. The summed E-state index contributed by atoms with van der Waals surface area (Å²) in [4.78, 5) is 22.2. The van der Waals surface area contributed by atoms with E-state index in [1.807, 2.05) is 12.1 Å². The van der Waals surface area contributed by atoms with Crippen molar-refractivity contribution < 1.29 is 24.5 Å². The van der Waals surface area contributed by atoms with Crippen molar-refractivity contribution in [1.82, 2.24) is 0 Å². The van der Waals surface area contributed by atoms with Crippen LogP contribution in [0.1, 0.15) is 20.0 Å². The zero-order valence-electron chi connectivity index (χ0n) is 12.6. The summed E-state index contributed by atoms with van der Waals surface area (Å²) in [6.45, 7) is 0. The Balaban J connectivity index is 0.000000177. The lowest BCUT2D eigenvalue weighted by atomic mass is 10.2. The standard InChI is InChI=1S/C9H6O3S.C8H8O2S/c10-7-5-3-1-2-4-6(5)13-8(7)9(11)12;1-10-8(9)6-4-2-3-5-7(6)11/h1-4,10H,(H,11,12);2-5,11H,1H3. The maximum atomic E-state index is 11.0. The van der Waals surface area contributed by atoms with E-state index < -0.39 is 5.97 Å². The van der Waals surface area contributed by atoms with Gasteiger partial charge in [0.2, 0.25) is 0 Å². The molecule has 0 bridgehead atoms. The minimum atomic E-state index is -1.08. The Kier molecular flexibility index (Phi) is 5.83. The number of hydrogen-bond donors (Lipinski definition) is 3. The van der Waals surface area contributed by atoms with Crippen LogP contribution in [0.2, 0.25) is 0 Å². The fourth-order valence-corrected chi connectivity index (χ4v) is 3.12. The average Bonchev–Trinajstić information content (AvgIpc) is 2.93. The van der Waals surface area contributed by atoms with E-state index in [0.717, 1.165) is 16.0 Å². The molecular weight excluding hydrogens is 348 g/mol. The number of thiol groups is 1. The van der Waals surface area contributed by atoms with Gasteiger partial charge in [0, 0.05) is 15.0 Å². The number of aromatic carboxylic acids is 1. The Bertz CT molecular complexity index is 886. The molecule has 2 N–H and O–H groups in total. The van der Waals surface area contributed by atoms with E-state index in [-0.39, 0.29) is 16.6 Å². The van der Waals surface area contributed by atoms with Crippen molar-refractivity contribution in [3.63, 3.8) is 0 Å². The van der Waals surface area contributed by atoms with Crippen molar-refractivity contribution in [3.05, 3.63) is 59.0 Å². The first-order chi connectivity index (χ1) is 11.5. The molecule has 7 heteroatoms. The molecule has 5 nitrogen and oxygen atoms in total. The predicted octanol–water partition coefficient (Wildman–Crippen LogP) is 4.07. The van der Waals surface area contributed by atoms with Crippen LogP contribution in [0.4, 0.5) is 0 Å². The number of aromatic hydroxyl groups is 1. The van der Waals surface area contributed by atoms with E-state index in [0.29, 0.717) is 15.8 Å².